The summed E-state index contributed by atoms with van der Waals surface area (Å²) in [6, 6.07) is 14.4. The highest BCUT2D eigenvalue weighted by molar-refractivity contribution is 6.03. The Morgan fingerprint density at radius 2 is 2.00 bits per heavy atom. The summed E-state index contributed by atoms with van der Waals surface area (Å²) in [4.78, 5) is 31.0. The van der Waals surface area contributed by atoms with E-state index >= 15 is 0 Å². The number of benzene rings is 2. The lowest BCUT2D eigenvalue weighted by molar-refractivity contribution is -0.120. The maximum Gasteiger partial charge on any atom is 0.255 e. The largest absolute Gasteiger partial charge is 0.497 e. The van der Waals surface area contributed by atoms with E-state index in [9.17, 15) is 9.59 Å². The molecular formula is C21H21N5O3. The molecule has 8 heteroatoms. The first-order valence-electron chi connectivity index (χ1n) is 9.29. The van der Waals surface area contributed by atoms with E-state index in [1.54, 1.807) is 25.0 Å². The van der Waals surface area contributed by atoms with Gasteiger partial charge in [0.25, 0.3) is 5.91 Å². The summed E-state index contributed by atoms with van der Waals surface area (Å²) in [5, 5.41) is 9.57. The number of methoxy groups -OCH3 is 1. The molecule has 2 aromatic carbocycles. The molecule has 0 spiro atoms. The fourth-order valence-corrected chi connectivity index (χ4v) is 3.31. The standard InChI is InChI=1S/C21H21N5O3/c1-13(26-12-15-5-3-4-6-17(15)20(26)28)19(27)23-21-22-18(24-25-21)11-14-7-9-16(29-2)10-8-14/h3-10,13H,11-12H2,1-2H3,(H2,22,23,24,25,27)/t13-/m1/s1. The van der Waals surface area contributed by atoms with Crippen molar-refractivity contribution in [2.45, 2.75) is 25.9 Å². The lowest BCUT2D eigenvalue weighted by Gasteiger charge is -2.22. The maximum absolute atomic E-state index is 12.6. The van der Waals surface area contributed by atoms with E-state index in [1.165, 1.54) is 0 Å². The minimum absolute atomic E-state index is 0.140. The number of nitrogens with one attached hydrogen (secondary N) is 2. The molecule has 0 bridgehead atoms. The summed E-state index contributed by atoms with van der Waals surface area (Å²) in [5.41, 5.74) is 2.61. The van der Waals surface area contributed by atoms with Crippen molar-refractivity contribution in [3.05, 3.63) is 71.0 Å². The average Bonchev–Trinajstić information content (AvgIpc) is 3.32. The molecule has 1 aliphatic rings. The van der Waals surface area contributed by atoms with Crippen LogP contribution in [0.1, 0.15) is 34.2 Å². The molecule has 2 amide bonds. The summed E-state index contributed by atoms with van der Waals surface area (Å²) in [6.45, 7) is 2.12. The van der Waals surface area contributed by atoms with E-state index in [0.29, 0.717) is 24.4 Å². The zero-order valence-electron chi connectivity index (χ0n) is 16.2. The van der Waals surface area contributed by atoms with Crippen LogP contribution in [0.3, 0.4) is 0 Å². The lowest BCUT2D eigenvalue weighted by atomic mass is 10.1. The van der Waals surface area contributed by atoms with Crippen molar-refractivity contribution in [2.24, 2.45) is 0 Å². The number of rotatable bonds is 6. The van der Waals surface area contributed by atoms with Gasteiger partial charge in [-0.2, -0.15) is 4.98 Å². The second-order valence-electron chi connectivity index (χ2n) is 6.89. The fourth-order valence-electron chi connectivity index (χ4n) is 3.31. The molecular weight excluding hydrogens is 370 g/mol. The van der Waals surface area contributed by atoms with E-state index in [4.69, 9.17) is 4.74 Å². The Morgan fingerprint density at radius 1 is 1.24 bits per heavy atom. The van der Waals surface area contributed by atoms with Crippen LogP contribution >= 0.6 is 0 Å². The summed E-state index contributed by atoms with van der Waals surface area (Å²) in [7, 11) is 1.62. The zero-order chi connectivity index (χ0) is 20.4. The number of aromatic amines is 1. The Bertz CT molecular complexity index is 1040. The number of hydrogen-bond acceptors (Lipinski definition) is 5. The van der Waals surface area contributed by atoms with E-state index in [0.717, 1.165) is 16.9 Å². The topological polar surface area (TPSA) is 100 Å². The molecule has 2 heterocycles. The highest BCUT2D eigenvalue weighted by atomic mass is 16.5. The van der Waals surface area contributed by atoms with Crippen molar-refractivity contribution in [2.75, 3.05) is 12.4 Å². The molecule has 0 unspecified atom stereocenters. The van der Waals surface area contributed by atoms with E-state index in [-0.39, 0.29) is 17.8 Å². The van der Waals surface area contributed by atoms with Crippen molar-refractivity contribution < 1.29 is 14.3 Å². The minimum atomic E-state index is -0.640. The smallest absolute Gasteiger partial charge is 0.255 e. The first kappa shape index (κ1) is 18.7. The number of hydrogen-bond donors (Lipinski definition) is 2. The predicted octanol–water partition coefficient (Wildman–Crippen LogP) is 2.39. The predicted molar refractivity (Wildman–Crippen MR) is 107 cm³/mol. The summed E-state index contributed by atoms with van der Waals surface area (Å²) < 4.78 is 5.15. The van der Waals surface area contributed by atoms with E-state index in [1.807, 2.05) is 42.5 Å². The van der Waals surface area contributed by atoms with Gasteiger partial charge in [-0.3, -0.25) is 20.0 Å². The van der Waals surface area contributed by atoms with Crippen LogP contribution in [0.5, 0.6) is 5.75 Å². The Balaban J connectivity index is 1.38. The Hall–Kier alpha value is -3.68. The van der Waals surface area contributed by atoms with Gasteiger partial charge in [-0.1, -0.05) is 30.3 Å². The van der Waals surface area contributed by atoms with Crippen LogP contribution in [0, 0.1) is 0 Å². The molecule has 1 atom stereocenters. The first-order chi connectivity index (χ1) is 14.0. The molecule has 148 valence electrons. The Labute approximate surface area is 167 Å². The SMILES string of the molecule is COc1ccc(Cc2nc(NC(=O)[C@@H](C)N3Cc4ccccc4C3=O)n[nH]2)cc1. The number of anilines is 1. The number of H-pyrrole nitrogens is 1. The van der Waals surface area contributed by atoms with Crippen molar-refractivity contribution in [3.63, 3.8) is 0 Å². The van der Waals surface area contributed by atoms with Crippen LogP contribution in [0.15, 0.2) is 48.5 Å². The number of fused-ring (bicyclic) bond motifs is 1. The maximum atomic E-state index is 12.6. The van der Waals surface area contributed by atoms with Crippen molar-refractivity contribution >= 4 is 17.8 Å². The molecule has 8 nitrogen and oxygen atoms in total. The minimum Gasteiger partial charge on any atom is -0.497 e. The normalized spacial score (nSPS) is 13.9. The zero-order valence-corrected chi connectivity index (χ0v) is 16.2. The number of ether oxygens (including phenoxy) is 1. The van der Waals surface area contributed by atoms with E-state index in [2.05, 4.69) is 20.5 Å². The Morgan fingerprint density at radius 3 is 2.72 bits per heavy atom. The van der Waals surface area contributed by atoms with Crippen molar-refractivity contribution in [1.29, 1.82) is 0 Å². The molecule has 0 aliphatic carbocycles. The van der Waals surface area contributed by atoms with Crippen LogP contribution in [-0.2, 0) is 17.8 Å². The van der Waals surface area contributed by atoms with Gasteiger partial charge in [0.1, 0.15) is 17.6 Å². The van der Waals surface area contributed by atoms with Crippen LogP contribution in [-0.4, -0.2) is 45.0 Å². The molecule has 3 aromatic rings. The fraction of sp³-hybridized carbons (Fsp3) is 0.238. The van der Waals surface area contributed by atoms with Crippen LogP contribution in [0.25, 0.3) is 0 Å². The van der Waals surface area contributed by atoms with Gasteiger partial charge < -0.3 is 9.64 Å². The highest BCUT2D eigenvalue weighted by Gasteiger charge is 2.33. The summed E-state index contributed by atoms with van der Waals surface area (Å²) in [5.74, 6) is 1.13. The lowest BCUT2D eigenvalue weighted by Crippen LogP contribution is -2.42. The monoisotopic (exact) mass is 391 g/mol. The number of amides is 2. The third-order valence-electron chi connectivity index (χ3n) is 4.99. The molecule has 2 N–H and O–H groups in total. The van der Waals surface area contributed by atoms with Crippen LogP contribution < -0.4 is 10.1 Å². The Kier molecular flexibility index (Phi) is 4.99. The van der Waals surface area contributed by atoms with Gasteiger partial charge in [0.05, 0.1) is 7.11 Å². The number of carbonyl (C=O) groups is 2. The van der Waals surface area contributed by atoms with Gasteiger partial charge >= 0.3 is 0 Å². The molecule has 1 aromatic heterocycles. The van der Waals surface area contributed by atoms with E-state index < -0.39 is 6.04 Å². The van der Waals surface area contributed by atoms with Crippen LogP contribution in [0.2, 0.25) is 0 Å². The van der Waals surface area contributed by atoms with Crippen molar-refractivity contribution in [1.82, 2.24) is 20.1 Å². The second kappa shape index (κ2) is 7.75. The number of nitrogens with zero attached hydrogens (tertiary/aromatic N) is 3. The molecule has 0 fully saturated rings. The third kappa shape index (κ3) is 3.82. The van der Waals surface area contributed by atoms with Crippen LogP contribution in [0.4, 0.5) is 5.95 Å². The molecule has 0 radical (unpaired) electrons. The number of aromatic nitrogens is 3. The van der Waals surface area contributed by atoms with Gasteiger partial charge in [-0.05, 0) is 36.2 Å². The summed E-state index contributed by atoms with van der Waals surface area (Å²) >= 11 is 0. The van der Waals surface area contributed by atoms with Gasteiger partial charge in [-0.25, -0.2) is 0 Å². The molecule has 4 rings (SSSR count). The summed E-state index contributed by atoms with van der Waals surface area (Å²) in [6.07, 6.45) is 0.544. The molecule has 29 heavy (non-hydrogen) atoms. The van der Waals surface area contributed by atoms with Gasteiger partial charge in [-0.15, -0.1) is 5.10 Å². The van der Waals surface area contributed by atoms with Crippen molar-refractivity contribution in [3.8, 4) is 5.75 Å². The van der Waals surface area contributed by atoms with Gasteiger partial charge in [0.2, 0.25) is 11.9 Å². The highest BCUT2D eigenvalue weighted by Crippen LogP contribution is 2.24. The van der Waals surface area contributed by atoms with Gasteiger partial charge in [0, 0.05) is 18.5 Å². The van der Waals surface area contributed by atoms with Gasteiger partial charge in [0.15, 0.2) is 0 Å². The molecule has 0 saturated heterocycles. The number of carbonyl (C=O) groups excluding carboxylic acids is 2. The molecule has 1 aliphatic heterocycles. The third-order valence-corrected chi connectivity index (χ3v) is 4.99. The molecule has 0 saturated carbocycles. The first-order valence-corrected chi connectivity index (χ1v) is 9.29. The quantitative estimate of drug-likeness (QED) is 0.672. The second-order valence-corrected chi connectivity index (χ2v) is 6.89. The average molecular weight is 391 g/mol.